The van der Waals surface area contributed by atoms with E-state index in [4.69, 9.17) is 5.11 Å². The molecule has 1 aliphatic rings. The van der Waals surface area contributed by atoms with Crippen molar-refractivity contribution in [2.45, 2.75) is 20.8 Å². The third-order valence-electron chi connectivity index (χ3n) is 2.15. The van der Waals surface area contributed by atoms with Crippen LogP contribution in [0.2, 0.25) is 0 Å². The Labute approximate surface area is 83.1 Å². The lowest BCUT2D eigenvalue weighted by Crippen LogP contribution is -2.23. The Bertz CT molecular complexity index is 340. The minimum Gasteiger partial charge on any atom is -0.392 e. The summed E-state index contributed by atoms with van der Waals surface area (Å²) in [5, 5.41) is 9.06. The van der Waals surface area contributed by atoms with Crippen molar-refractivity contribution in [2.24, 2.45) is 5.41 Å². The van der Waals surface area contributed by atoms with E-state index >= 15 is 0 Å². The standard InChI is InChI=1S/C11H14O3/c1-11(2,3)8-5-10(14)9(13)4-7(8)6-12/h4-5,12H,6H2,1-3H3. The van der Waals surface area contributed by atoms with Gasteiger partial charge in [-0.15, -0.1) is 0 Å². The Morgan fingerprint density at radius 3 is 2.07 bits per heavy atom. The molecule has 0 bridgehead atoms. The molecule has 0 heterocycles. The van der Waals surface area contributed by atoms with Crippen LogP contribution in [0.5, 0.6) is 0 Å². The van der Waals surface area contributed by atoms with E-state index in [0.717, 1.165) is 5.57 Å². The smallest absolute Gasteiger partial charge is 0.226 e. The minimum absolute atomic E-state index is 0.206. The molecule has 1 N–H and O–H groups in total. The maximum Gasteiger partial charge on any atom is 0.226 e. The maximum atomic E-state index is 11.2. The second kappa shape index (κ2) is 3.50. The monoisotopic (exact) mass is 194 g/mol. The molecule has 0 aromatic carbocycles. The summed E-state index contributed by atoms with van der Waals surface area (Å²) in [6.07, 6.45) is 2.55. The molecule has 0 aromatic heterocycles. The summed E-state index contributed by atoms with van der Waals surface area (Å²) in [6, 6.07) is 0. The van der Waals surface area contributed by atoms with Crippen molar-refractivity contribution in [3.05, 3.63) is 23.3 Å². The number of hydrogen-bond donors (Lipinski definition) is 1. The molecule has 1 aliphatic carbocycles. The topological polar surface area (TPSA) is 54.4 Å². The van der Waals surface area contributed by atoms with E-state index < -0.39 is 11.6 Å². The number of carbonyl (C=O) groups is 2. The summed E-state index contributed by atoms with van der Waals surface area (Å²) in [7, 11) is 0. The Morgan fingerprint density at radius 1 is 1.14 bits per heavy atom. The number of rotatable bonds is 1. The van der Waals surface area contributed by atoms with Gasteiger partial charge in [0.1, 0.15) is 0 Å². The van der Waals surface area contributed by atoms with E-state index in [9.17, 15) is 9.59 Å². The number of allylic oxidation sites excluding steroid dienone is 2. The highest BCUT2D eigenvalue weighted by atomic mass is 16.3. The second-order valence-corrected chi connectivity index (χ2v) is 4.36. The Hall–Kier alpha value is -1.22. The van der Waals surface area contributed by atoms with Crippen molar-refractivity contribution in [3.8, 4) is 0 Å². The highest BCUT2D eigenvalue weighted by Crippen LogP contribution is 2.32. The molecule has 3 heteroatoms. The van der Waals surface area contributed by atoms with Gasteiger partial charge in [-0.1, -0.05) is 20.8 Å². The molecule has 0 unspecified atom stereocenters. The molecule has 76 valence electrons. The molecule has 14 heavy (non-hydrogen) atoms. The van der Waals surface area contributed by atoms with Gasteiger partial charge in [0.25, 0.3) is 0 Å². The summed E-state index contributed by atoms with van der Waals surface area (Å²) in [5.41, 5.74) is 1.05. The molecule has 0 atom stereocenters. The summed E-state index contributed by atoms with van der Waals surface area (Å²) < 4.78 is 0. The minimum atomic E-state index is -0.554. The number of hydrogen-bond acceptors (Lipinski definition) is 3. The van der Waals surface area contributed by atoms with Gasteiger partial charge in [-0.3, -0.25) is 9.59 Å². The fourth-order valence-corrected chi connectivity index (χ4v) is 1.43. The van der Waals surface area contributed by atoms with Crippen molar-refractivity contribution in [1.82, 2.24) is 0 Å². The summed E-state index contributed by atoms with van der Waals surface area (Å²) in [5.74, 6) is -1.06. The van der Waals surface area contributed by atoms with Crippen LogP contribution in [0, 0.1) is 5.41 Å². The van der Waals surface area contributed by atoms with Crippen LogP contribution in [-0.2, 0) is 9.59 Å². The van der Waals surface area contributed by atoms with Crippen LogP contribution >= 0.6 is 0 Å². The average molecular weight is 194 g/mol. The van der Waals surface area contributed by atoms with E-state index in [0.29, 0.717) is 5.57 Å². The molecular formula is C11H14O3. The van der Waals surface area contributed by atoms with Gasteiger partial charge in [-0.2, -0.15) is 0 Å². The van der Waals surface area contributed by atoms with Crippen LogP contribution in [-0.4, -0.2) is 23.3 Å². The highest BCUT2D eigenvalue weighted by molar-refractivity contribution is 6.46. The van der Waals surface area contributed by atoms with Gasteiger partial charge < -0.3 is 5.11 Å². The third-order valence-corrected chi connectivity index (χ3v) is 2.15. The average Bonchev–Trinajstić information content (AvgIpc) is 2.07. The van der Waals surface area contributed by atoms with Crippen LogP contribution in [0.15, 0.2) is 23.3 Å². The molecular weight excluding hydrogens is 180 g/mol. The fourth-order valence-electron chi connectivity index (χ4n) is 1.43. The SMILES string of the molecule is CC(C)(C)C1=CC(=O)C(=O)C=C1CO. The molecule has 0 aromatic rings. The van der Waals surface area contributed by atoms with Gasteiger partial charge in [0.05, 0.1) is 6.61 Å². The molecule has 0 aliphatic heterocycles. The van der Waals surface area contributed by atoms with E-state index in [1.807, 2.05) is 20.8 Å². The lowest BCUT2D eigenvalue weighted by atomic mass is 9.78. The summed E-state index contributed by atoms with van der Waals surface area (Å²) >= 11 is 0. The van der Waals surface area contributed by atoms with Crippen molar-refractivity contribution in [3.63, 3.8) is 0 Å². The van der Waals surface area contributed by atoms with Crippen molar-refractivity contribution < 1.29 is 14.7 Å². The molecule has 0 spiro atoms. The summed E-state index contributed by atoms with van der Waals surface area (Å²) in [6.45, 7) is 5.60. The van der Waals surface area contributed by atoms with E-state index in [-0.39, 0.29) is 12.0 Å². The molecule has 0 saturated heterocycles. The molecule has 1 rings (SSSR count). The zero-order valence-electron chi connectivity index (χ0n) is 8.63. The summed E-state index contributed by atoms with van der Waals surface area (Å²) in [4.78, 5) is 22.2. The predicted molar refractivity (Wildman–Crippen MR) is 52.7 cm³/mol. The number of ketones is 2. The predicted octanol–water partition coefficient (Wildman–Crippen LogP) is 1.03. The first-order valence-electron chi connectivity index (χ1n) is 4.48. The Kier molecular flexibility index (Phi) is 2.71. The van der Waals surface area contributed by atoms with Crippen LogP contribution in [0.25, 0.3) is 0 Å². The quantitative estimate of drug-likeness (QED) is 0.501. The van der Waals surface area contributed by atoms with Crippen LogP contribution < -0.4 is 0 Å². The van der Waals surface area contributed by atoms with Crippen molar-refractivity contribution in [2.75, 3.05) is 6.61 Å². The number of aliphatic hydroxyl groups excluding tert-OH is 1. The number of aliphatic hydroxyl groups is 1. The maximum absolute atomic E-state index is 11.2. The first-order valence-corrected chi connectivity index (χ1v) is 4.48. The van der Waals surface area contributed by atoms with Crippen LogP contribution in [0.3, 0.4) is 0 Å². The largest absolute Gasteiger partial charge is 0.392 e. The normalized spacial score (nSPS) is 18.0. The van der Waals surface area contributed by atoms with Gasteiger partial charge in [0.15, 0.2) is 0 Å². The molecule has 0 amide bonds. The van der Waals surface area contributed by atoms with Crippen LogP contribution in [0.1, 0.15) is 20.8 Å². The van der Waals surface area contributed by atoms with Gasteiger partial charge in [-0.05, 0) is 28.7 Å². The molecule has 3 nitrogen and oxygen atoms in total. The molecule has 0 saturated carbocycles. The van der Waals surface area contributed by atoms with Crippen LogP contribution in [0.4, 0.5) is 0 Å². The Morgan fingerprint density at radius 2 is 1.64 bits per heavy atom. The van der Waals surface area contributed by atoms with Gasteiger partial charge in [-0.25, -0.2) is 0 Å². The number of carbonyl (C=O) groups excluding carboxylic acids is 2. The lowest BCUT2D eigenvalue weighted by molar-refractivity contribution is -0.131. The molecule has 0 radical (unpaired) electrons. The zero-order valence-corrected chi connectivity index (χ0v) is 8.63. The van der Waals surface area contributed by atoms with Crippen molar-refractivity contribution in [1.29, 1.82) is 0 Å². The highest BCUT2D eigenvalue weighted by Gasteiger charge is 2.27. The van der Waals surface area contributed by atoms with E-state index in [1.165, 1.54) is 12.2 Å². The first kappa shape index (κ1) is 10.9. The third kappa shape index (κ3) is 1.99. The first-order chi connectivity index (χ1) is 6.36. The van der Waals surface area contributed by atoms with Gasteiger partial charge in [0, 0.05) is 0 Å². The lowest BCUT2D eigenvalue weighted by Gasteiger charge is -2.26. The van der Waals surface area contributed by atoms with E-state index in [1.54, 1.807) is 0 Å². The molecule has 0 fully saturated rings. The second-order valence-electron chi connectivity index (χ2n) is 4.36. The Balaban J connectivity index is 3.17. The fraction of sp³-hybridized carbons (Fsp3) is 0.455. The van der Waals surface area contributed by atoms with E-state index in [2.05, 4.69) is 0 Å². The van der Waals surface area contributed by atoms with Gasteiger partial charge >= 0.3 is 0 Å². The zero-order chi connectivity index (χ0) is 10.9. The van der Waals surface area contributed by atoms with Gasteiger partial charge in [0.2, 0.25) is 11.6 Å². The van der Waals surface area contributed by atoms with Crippen molar-refractivity contribution >= 4 is 11.6 Å².